The van der Waals surface area contributed by atoms with Crippen LogP contribution in [0, 0.1) is 0 Å². The van der Waals surface area contributed by atoms with E-state index in [0.29, 0.717) is 0 Å². The van der Waals surface area contributed by atoms with Crippen molar-refractivity contribution in [1.29, 1.82) is 0 Å². The molecule has 1 aromatic rings. The molecule has 0 saturated carbocycles. The molecular weight excluding hydrogens is 216 g/mol. The van der Waals surface area contributed by atoms with Crippen LogP contribution in [0.25, 0.3) is 0 Å². The highest BCUT2D eigenvalue weighted by atomic mass is 79.9. The summed E-state index contributed by atoms with van der Waals surface area (Å²) >= 11 is 3.35. The van der Waals surface area contributed by atoms with Crippen LogP contribution in [-0.4, -0.2) is 17.0 Å². The average molecular weight is 231 g/mol. The zero-order valence-electron chi connectivity index (χ0n) is 7.52. The Hall–Kier alpha value is -0.280. The standard InChI is InChI=1S/C9H15BrN2/c1-9(2,6-12-7-10)8-3-4-11-5-8/h3-5,11-12H,6-7H2,1-2H3. The molecule has 0 aliphatic heterocycles. The van der Waals surface area contributed by atoms with Gasteiger partial charge in [-0.3, -0.25) is 0 Å². The van der Waals surface area contributed by atoms with Crippen molar-refractivity contribution in [1.82, 2.24) is 10.3 Å². The van der Waals surface area contributed by atoms with E-state index in [1.165, 1.54) is 5.56 Å². The van der Waals surface area contributed by atoms with Crippen molar-refractivity contribution in [3.63, 3.8) is 0 Å². The van der Waals surface area contributed by atoms with Gasteiger partial charge < -0.3 is 10.3 Å². The van der Waals surface area contributed by atoms with Gasteiger partial charge in [-0.25, -0.2) is 0 Å². The zero-order chi connectivity index (χ0) is 9.03. The molecule has 2 nitrogen and oxygen atoms in total. The number of hydrogen-bond donors (Lipinski definition) is 2. The number of aromatic amines is 1. The maximum Gasteiger partial charge on any atom is 0.0517 e. The second kappa shape index (κ2) is 4.10. The first kappa shape index (κ1) is 9.81. The lowest BCUT2D eigenvalue weighted by molar-refractivity contribution is 0.491. The molecule has 0 bridgehead atoms. The number of rotatable bonds is 4. The molecule has 0 fully saturated rings. The fraction of sp³-hybridized carbons (Fsp3) is 0.556. The predicted molar refractivity (Wildman–Crippen MR) is 55.6 cm³/mol. The first-order chi connectivity index (χ1) is 5.67. The Kier molecular flexibility index (Phi) is 3.35. The molecule has 0 aliphatic carbocycles. The van der Waals surface area contributed by atoms with Gasteiger partial charge in [0.1, 0.15) is 0 Å². The Labute approximate surface area is 81.9 Å². The molecule has 0 atom stereocenters. The summed E-state index contributed by atoms with van der Waals surface area (Å²) in [7, 11) is 0. The van der Waals surface area contributed by atoms with Crippen LogP contribution in [0.5, 0.6) is 0 Å². The van der Waals surface area contributed by atoms with Crippen LogP contribution in [0.3, 0.4) is 0 Å². The lowest BCUT2D eigenvalue weighted by atomic mass is 9.87. The van der Waals surface area contributed by atoms with Crippen LogP contribution in [0.15, 0.2) is 18.5 Å². The van der Waals surface area contributed by atoms with Gasteiger partial charge in [0, 0.05) is 24.4 Å². The second-order valence-electron chi connectivity index (χ2n) is 3.54. The maximum atomic E-state index is 3.35. The van der Waals surface area contributed by atoms with Gasteiger partial charge in [-0.05, 0) is 11.6 Å². The fourth-order valence-electron chi connectivity index (χ4n) is 1.21. The van der Waals surface area contributed by atoms with E-state index < -0.39 is 0 Å². The Morgan fingerprint density at radius 2 is 2.33 bits per heavy atom. The average Bonchev–Trinajstić information content (AvgIpc) is 2.53. The van der Waals surface area contributed by atoms with Crippen molar-refractivity contribution in [2.45, 2.75) is 19.3 Å². The van der Waals surface area contributed by atoms with Crippen molar-refractivity contribution < 1.29 is 0 Å². The SMILES string of the molecule is CC(C)(CNCBr)c1cc[nH]c1. The minimum atomic E-state index is 0.202. The molecule has 0 radical (unpaired) electrons. The summed E-state index contributed by atoms with van der Waals surface area (Å²) in [6, 6.07) is 2.12. The number of H-pyrrole nitrogens is 1. The van der Waals surface area contributed by atoms with E-state index in [4.69, 9.17) is 0 Å². The summed E-state index contributed by atoms with van der Waals surface area (Å²) in [5, 5.41) is 3.28. The van der Waals surface area contributed by atoms with E-state index in [1.807, 2.05) is 6.20 Å². The van der Waals surface area contributed by atoms with E-state index in [0.717, 1.165) is 12.0 Å². The highest BCUT2D eigenvalue weighted by Gasteiger charge is 2.19. The molecule has 0 unspecified atom stereocenters. The summed E-state index contributed by atoms with van der Waals surface area (Å²) in [5.74, 6) is 0. The lowest BCUT2D eigenvalue weighted by Gasteiger charge is -2.23. The molecule has 2 N–H and O–H groups in total. The molecule has 0 aliphatic rings. The van der Waals surface area contributed by atoms with Crippen LogP contribution >= 0.6 is 15.9 Å². The summed E-state index contributed by atoms with van der Waals surface area (Å²) in [5.41, 5.74) is 2.39. The van der Waals surface area contributed by atoms with E-state index >= 15 is 0 Å². The smallest absolute Gasteiger partial charge is 0.0517 e. The van der Waals surface area contributed by atoms with Gasteiger partial charge in [-0.15, -0.1) is 0 Å². The van der Waals surface area contributed by atoms with E-state index in [9.17, 15) is 0 Å². The topological polar surface area (TPSA) is 27.8 Å². The van der Waals surface area contributed by atoms with Gasteiger partial charge in [0.2, 0.25) is 0 Å². The third-order valence-corrected chi connectivity index (χ3v) is 2.44. The number of nitrogens with one attached hydrogen (secondary N) is 2. The van der Waals surface area contributed by atoms with Crippen LogP contribution in [-0.2, 0) is 5.41 Å². The molecule has 1 rings (SSSR count). The highest BCUT2D eigenvalue weighted by molar-refractivity contribution is 9.09. The van der Waals surface area contributed by atoms with E-state index in [2.05, 4.69) is 52.3 Å². The molecule has 1 aromatic heterocycles. The lowest BCUT2D eigenvalue weighted by Crippen LogP contribution is -2.31. The number of alkyl halides is 1. The van der Waals surface area contributed by atoms with Gasteiger partial charge in [0.05, 0.1) is 5.45 Å². The van der Waals surface area contributed by atoms with Crippen LogP contribution in [0.4, 0.5) is 0 Å². The monoisotopic (exact) mass is 230 g/mol. The van der Waals surface area contributed by atoms with Crippen molar-refractivity contribution in [2.75, 3.05) is 12.0 Å². The van der Waals surface area contributed by atoms with Gasteiger partial charge in [0.25, 0.3) is 0 Å². The Bertz CT molecular complexity index is 216. The van der Waals surface area contributed by atoms with Gasteiger partial charge >= 0.3 is 0 Å². The quantitative estimate of drug-likeness (QED) is 0.603. The van der Waals surface area contributed by atoms with Gasteiger partial charge in [0.15, 0.2) is 0 Å². The minimum absolute atomic E-state index is 0.202. The van der Waals surface area contributed by atoms with Crippen LogP contribution in [0.1, 0.15) is 19.4 Å². The molecule has 0 amide bonds. The molecule has 3 heteroatoms. The molecule has 68 valence electrons. The number of aromatic nitrogens is 1. The predicted octanol–water partition coefficient (Wildman–Crippen LogP) is 2.23. The Morgan fingerprint density at radius 3 is 2.83 bits per heavy atom. The summed E-state index contributed by atoms with van der Waals surface area (Å²) in [4.78, 5) is 3.07. The maximum absolute atomic E-state index is 3.35. The van der Waals surface area contributed by atoms with Gasteiger partial charge in [-0.1, -0.05) is 29.8 Å². The third kappa shape index (κ3) is 2.35. The molecule has 12 heavy (non-hydrogen) atoms. The Balaban J connectivity index is 2.59. The van der Waals surface area contributed by atoms with Crippen molar-refractivity contribution in [2.24, 2.45) is 0 Å². The summed E-state index contributed by atoms with van der Waals surface area (Å²) < 4.78 is 0. The van der Waals surface area contributed by atoms with E-state index in [1.54, 1.807) is 0 Å². The zero-order valence-corrected chi connectivity index (χ0v) is 9.11. The molecule has 0 aromatic carbocycles. The molecule has 1 heterocycles. The normalized spacial score (nSPS) is 11.9. The van der Waals surface area contributed by atoms with Crippen molar-refractivity contribution in [3.8, 4) is 0 Å². The molecule has 0 saturated heterocycles. The number of halogens is 1. The molecular formula is C9H15BrN2. The van der Waals surface area contributed by atoms with E-state index in [-0.39, 0.29) is 5.41 Å². The highest BCUT2D eigenvalue weighted by Crippen LogP contribution is 2.21. The van der Waals surface area contributed by atoms with Gasteiger partial charge in [-0.2, -0.15) is 0 Å². The fourth-order valence-corrected chi connectivity index (χ4v) is 1.40. The minimum Gasteiger partial charge on any atom is -0.367 e. The van der Waals surface area contributed by atoms with Crippen LogP contribution < -0.4 is 5.32 Å². The van der Waals surface area contributed by atoms with Crippen molar-refractivity contribution in [3.05, 3.63) is 24.0 Å². The number of hydrogen-bond acceptors (Lipinski definition) is 1. The first-order valence-corrected chi connectivity index (χ1v) is 5.19. The second-order valence-corrected chi connectivity index (χ2v) is 4.10. The first-order valence-electron chi connectivity index (χ1n) is 4.07. The third-order valence-electron chi connectivity index (χ3n) is 2.04. The van der Waals surface area contributed by atoms with Crippen LogP contribution in [0.2, 0.25) is 0 Å². The summed E-state index contributed by atoms with van der Waals surface area (Å²) in [6.07, 6.45) is 4.02. The molecule has 0 spiro atoms. The van der Waals surface area contributed by atoms with Crippen molar-refractivity contribution >= 4 is 15.9 Å². The Morgan fingerprint density at radius 1 is 1.58 bits per heavy atom. The summed E-state index contributed by atoms with van der Waals surface area (Å²) in [6.45, 7) is 5.44. The largest absolute Gasteiger partial charge is 0.367 e.